The fraction of sp³-hybridized carbons (Fsp3) is 0.636. The second-order valence-electron chi connectivity index (χ2n) is 5.26. The number of amides is 1. The molecule has 6 nitrogen and oxygen atoms in total. The number of thiocarbonyl (C=S) groups is 1. The van der Waals surface area contributed by atoms with E-state index in [1.807, 2.05) is 0 Å². The normalized spacial score (nSPS) is 20.0. The molecule has 0 aromatic carbocycles. The lowest BCUT2D eigenvalue weighted by molar-refractivity contribution is -0.148. The van der Waals surface area contributed by atoms with Gasteiger partial charge in [-0.25, -0.2) is 0 Å². The van der Waals surface area contributed by atoms with Crippen LogP contribution < -0.4 is 5.73 Å². The smallest absolute Gasteiger partial charge is 0.392 e. The van der Waals surface area contributed by atoms with E-state index in [0.717, 1.165) is 4.57 Å². The van der Waals surface area contributed by atoms with Crippen LogP contribution in [-0.4, -0.2) is 37.1 Å². The van der Waals surface area contributed by atoms with Gasteiger partial charge in [0.2, 0.25) is 11.7 Å². The van der Waals surface area contributed by atoms with E-state index >= 15 is 0 Å². The summed E-state index contributed by atoms with van der Waals surface area (Å²) in [6.45, 7) is 0.167. The number of aromatic nitrogens is 3. The van der Waals surface area contributed by atoms with Crippen molar-refractivity contribution >= 4 is 23.1 Å². The van der Waals surface area contributed by atoms with Crippen molar-refractivity contribution < 1.29 is 18.0 Å². The summed E-state index contributed by atoms with van der Waals surface area (Å²) in [6, 6.07) is 0. The van der Waals surface area contributed by atoms with E-state index in [1.165, 1.54) is 4.90 Å². The van der Waals surface area contributed by atoms with Gasteiger partial charge in [-0.1, -0.05) is 12.2 Å². The van der Waals surface area contributed by atoms with Crippen LogP contribution in [0.2, 0.25) is 0 Å². The molecule has 2 heterocycles. The number of hydrogen-bond donors (Lipinski definition) is 1. The monoisotopic (exact) mass is 319 g/mol. The number of hydrogen-bond acceptors (Lipinski definition) is 4. The van der Waals surface area contributed by atoms with Crippen molar-refractivity contribution in [3.8, 4) is 0 Å². The topological polar surface area (TPSA) is 77.0 Å². The number of rotatable bonds is 2. The Morgan fingerprint density at radius 3 is 2.48 bits per heavy atom. The van der Waals surface area contributed by atoms with Crippen molar-refractivity contribution in [1.82, 2.24) is 19.7 Å². The zero-order valence-corrected chi connectivity index (χ0v) is 11.7. The fourth-order valence-electron chi connectivity index (χ4n) is 2.53. The Kier molecular flexibility index (Phi) is 2.98. The summed E-state index contributed by atoms with van der Waals surface area (Å²) in [5.41, 5.74) is 4.80. The van der Waals surface area contributed by atoms with Gasteiger partial charge >= 0.3 is 6.18 Å². The summed E-state index contributed by atoms with van der Waals surface area (Å²) in [4.78, 5) is 14.0. The molecule has 21 heavy (non-hydrogen) atoms. The molecule has 10 heteroatoms. The molecule has 1 aliphatic heterocycles. The van der Waals surface area contributed by atoms with Crippen molar-refractivity contribution in [3.05, 3.63) is 11.6 Å². The van der Waals surface area contributed by atoms with Crippen molar-refractivity contribution in [2.24, 2.45) is 11.1 Å². The minimum Gasteiger partial charge on any atom is -0.392 e. The predicted octanol–water partition coefficient (Wildman–Crippen LogP) is 0.705. The van der Waals surface area contributed by atoms with Crippen LogP contribution in [0.5, 0.6) is 0 Å². The molecule has 0 bridgehead atoms. The highest BCUT2D eigenvalue weighted by molar-refractivity contribution is 7.80. The third kappa shape index (κ3) is 2.17. The highest BCUT2D eigenvalue weighted by atomic mass is 32.1. The number of fused-ring (bicyclic) bond motifs is 1. The van der Waals surface area contributed by atoms with E-state index in [2.05, 4.69) is 10.2 Å². The van der Waals surface area contributed by atoms with Crippen molar-refractivity contribution in [3.63, 3.8) is 0 Å². The Balaban J connectivity index is 1.82. The molecule has 1 amide bonds. The Hall–Kier alpha value is -1.71. The van der Waals surface area contributed by atoms with Gasteiger partial charge in [0.05, 0.1) is 16.9 Å². The molecule has 0 radical (unpaired) electrons. The largest absolute Gasteiger partial charge is 0.451 e. The summed E-state index contributed by atoms with van der Waals surface area (Å²) in [6.07, 6.45) is -3.36. The van der Waals surface area contributed by atoms with Gasteiger partial charge in [-0.05, 0) is 12.8 Å². The van der Waals surface area contributed by atoms with Gasteiger partial charge in [-0.15, -0.1) is 10.2 Å². The molecule has 0 saturated heterocycles. The quantitative estimate of drug-likeness (QED) is 0.812. The molecule has 0 atom stereocenters. The Bertz CT molecular complexity index is 622. The van der Waals surface area contributed by atoms with Crippen molar-refractivity contribution in [1.29, 1.82) is 0 Å². The van der Waals surface area contributed by atoms with Gasteiger partial charge in [-0.3, -0.25) is 4.79 Å². The third-order valence-corrected chi connectivity index (χ3v) is 4.32. The predicted molar refractivity (Wildman–Crippen MR) is 68.9 cm³/mol. The van der Waals surface area contributed by atoms with Crippen LogP contribution in [0.4, 0.5) is 13.2 Å². The highest BCUT2D eigenvalue weighted by Gasteiger charge is 2.55. The van der Waals surface area contributed by atoms with E-state index in [4.69, 9.17) is 18.0 Å². The maximum absolute atomic E-state index is 12.7. The number of nitrogens with two attached hydrogens (primary N) is 1. The number of nitrogens with zero attached hydrogens (tertiary/aromatic N) is 4. The van der Waals surface area contributed by atoms with Crippen LogP contribution in [-0.2, 0) is 24.1 Å². The first-order valence-electron chi connectivity index (χ1n) is 6.34. The van der Waals surface area contributed by atoms with Gasteiger partial charge in [0.15, 0.2) is 5.82 Å². The number of carbonyl (C=O) groups is 1. The molecule has 1 saturated carbocycles. The van der Waals surface area contributed by atoms with E-state index in [0.29, 0.717) is 12.8 Å². The minimum absolute atomic E-state index is 0.00766. The van der Waals surface area contributed by atoms with Gasteiger partial charge in [0.1, 0.15) is 0 Å². The maximum Gasteiger partial charge on any atom is 0.451 e. The van der Waals surface area contributed by atoms with Gasteiger partial charge < -0.3 is 15.2 Å². The molecule has 0 spiro atoms. The molecule has 1 aromatic rings. The van der Waals surface area contributed by atoms with E-state index in [9.17, 15) is 18.0 Å². The molecule has 2 N–H and O–H groups in total. The van der Waals surface area contributed by atoms with E-state index in [1.54, 1.807) is 0 Å². The molecule has 2 aliphatic rings. The lowest BCUT2D eigenvalue weighted by Crippen LogP contribution is -2.46. The fourth-order valence-corrected chi connectivity index (χ4v) is 2.83. The van der Waals surface area contributed by atoms with Crippen LogP contribution in [0, 0.1) is 5.41 Å². The average Bonchev–Trinajstić information content (AvgIpc) is 3.10. The van der Waals surface area contributed by atoms with E-state index in [-0.39, 0.29) is 36.4 Å². The van der Waals surface area contributed by atoms with Gasteiger partial charge in [0.25, 0.3) is 0 Å². The molecular weight excluding hydrogens is 307 g/mol. The summed E-state index contributed by atoms with van der Waals surface area (Å²) >= 11 is 4.92. The highest BCUT2D eigenvalue weighted by Crippen LogP contribution is 2.48. The zero-order chi connectivity index (χ0) is 15.4. The molecule has 1 aliphatic carbocycles. The minimum atomic E-state index is -4.55. The second kappa shape index (κ2) is 4.39. The third-order valence-electron chi connectivity index (χ3n) is 3.93. The first-order chi connectivity index (χ1) is 9.75. The maximum atomic E-state index is 12.7. The Labute approximate surface area is 123 Å². The summed E-state index contributed by atoms with van der Waals surface area (Å²) in [7, 11) is 0. The van der Waals surface area contributed by atoms with Gasteiger partial charge in [-0.2, -0.15) is 13.2 Å². The summed E-state index contributed by atoms with van der Waals surface area (Å²) in [5, 5.41) is 6.71. The van der Waals surface area contributed by atoms with E-state index < -0.39 is 17.4 Å². The molecule has 1 aromatic heterocycles. The molecule has 114 valence electrons. The van der Waals surface area contributed by atoms with Crippen LogP contribution in [0.25, 0.3) is 0 Å². The van der Waals surface area contributed by atoms with Crippen LogP contribution >= 0.6 is 12.2 Å². The standard InChI is InChI=1S/C11H12F3N5OS/c12-11(13,14)8-17-16-6-5-18(3-4-19(6)8)9(20)10(1-2-10)7(15)21/h1-5H2,(H2,15,21). The Morgan fingerprint density at radius 1 is 1.29 bits per heavy atom. The number of carbonyl (C=O) groups excluding carboxylic acids is 1. The van der Waals surface area contributed by atoms with Crippen LogP contribution in [0.1, 0.15) is 24.5 Å². The van der Waals surface area contributed by atoms with Crippen molar-refractivity contribution in [2.75, 3.05) is 6.54 Å². The summed E-state index contributed by atoms with van der Waals surface area (Å²) in [5.74, 6) is -1.13. The number of alkyl halides is 3. The number of halogens is 3. The molecule has 3 rings (SSSR count). The zero-order valence-electron chi connectivity index (χ0n) is 10.9. The second-order valence-corrected chi connectivity index (χ2v) is 5.70. The Morgan fingerprint density at radius 2 is 1.95 bits per heavy atom. The summed E-state index contributed by atoms with van der Waals surface area (Å²) < 4.78 is 39.2. The van der Waals surface area contributed by atoms with Crippen molar-refractivity contribution in [2.45, 2.75) is 32.1 Å². The first-order valence-corrected chi connectivity index (χ1v) is 6.75. The van der Waals surface area contributed by atoms with Crippen LogP contribution in [0.15, 0.2) is 0 Å². The van der Waals surface area contributed by atoms with Gasteiger partial charge in [0, 0.05) is 13.1 Å². The SMILES string of the molecule is NC(=S)C1(C(=O)N2CCn3c(nnc3C(F)(F)F)C2)CC1. The van der Waals surface area contributed by atoms with Crippen LogP contribution in [0.3, 0.4) is 0 Å². The average molecular weight is 319 g/mol. The molecule has 1 fully saturated rings. The lowest BCUT2D eigenvalue weighted by atomic mass is 10.1. The molecule has 0 unspecified atom stereocenters. The molecular formula is C11H12F3N5OS. The lowest BCUT2D eigenvalue weighted by Gasteiger charge is -2.30. The first kappa shape index (κ1) is 14.2.